The third-order valence-corrected chi connectivity index (χ3v) is 3.41. The third kappa shape index (κ3) is 2.74. The molecular formula is C13H7Cl2NO4. The standard InChI is InChI=1S/C13H7Cl2NO4/c14-11-4-1-7(5-12(11)15)10-6-8(16(19)20)2-3-9(10)13(17)18/h1-6H,(H,17,18). The molecule has 0 atom stereocenters. The number of nitrogens with zero attached hydrogens (tertiary/aromatic N) is 1. The number of carboxylic acid groups (broad SMARTS) is 1. The zero-order valence-corrected chi connectivity index (χ0v) is 11.4. The molecule has 2 aromatic rings. The van der Waals surface area contributed by atoms with Crippen LogP contribution in [0, 0.1) is 10.1 Å². The first-order valence-electron chi connectivity index (χ1n) is 5.37. The summed E-state index contributed by atoms with van der Waals surface area (Å²) < 4.78 is 0. The van der Waals surface area contributed by atoms with Crippen LogP contribution in [-0.2, 0) is 0 Å². The van der Waals surface area contributed by atoms with E-state index in [-0.39, 0.29) is 21.8 Å². The highest BCUT2D eigenvalue weighted by Gasteiger charge is 2.17. The molecule has 7 heteroatoms. The van der Waals surface area contributed by atoms with Gasteiger partial charge in [-0.3, -0.25) is 10.1 Å². The lowest BCUT2D eigenvalue weighted by atomic mass is 9.99. The van der Waals surface area contributed by atoms with E-state index in [4.69, 9.17) is 28.3 Å². The van der Waals surface area contributed by atoms with E-state index in [0.717, 1.165) is 6.07 Å². The summed E-state index contributed by atoms with van der Waals surface area (Å²) in [6.07, 6.45) is 0. The Labute approximate surface area is 123 Å². The SMILES string of the molecule is O=C(O)c1ccc([N+](=O)[O-])cc1-c1ccc(Cl)c(Cl)c1. The Morgan fingerprint density at radius 1 is 1.10 bits per heavy atom. The van der Waals surface area contributed by atoms with E-state index in [1.54, 1.807) is 6.07 Å². The van der Waals surface area contributed by atoms with Crippen molar-refractivity contribution in [3.63, 3.8) is 0 Å². The number of halogens is 2. The predicted molar refractivity (Wildman–Crippen MR) is 75.5 cm³/mol. The summed E-state index contributed by atoms with van der Waals surface area (Å²) in [4.78, 5) is 21.4. The lowest BCUT2D eigenvalue weighted by Crippen LogP contribution is -2.01. The molecule has 1 N–H and O–H groups in total. The molecule has 0 saturated heterocycles. The number of nitro benzene ring substituents is 1. The molecule has 0 radical (unpaired) electrons. The van der Waals surface area contributed by atoms with Gasteiger partial charge in [-0.1, -0.05) is 29.3 Å². The van der Waals surface area contributed by atoms with Crippen LogP contribution < -0.4 is 0 Å². The fourth-order valence-corrected chi connectivity index (χ4v) is 2.03. The second kappa shape index (κ2) is 5.48. The molecule has 0 aliphatic heterocycles. The Balaban J connectivity index is 2.68. The van der Waals surface area contributed by atoms with Crippen LogP contribution in [0.25, 0.3) is 11.1 Å². The molecule has 20 heavy (non-hydrogen) atoms. The van der Waals surface area contributed by atoms with Crippen LogP contribution in [0.3, 0.4) is 0 Å². The fourth-order valence-electron chi connectivity index (χ4n) is 1.73. The highest BCUT2D eigenvalue weighted by molar-refractivity contribution is 6.42. The van der Waals surface area contributed by atoms with Crippen LogP contribution in [0.2, 0.25) is 10.0 Å². The number of non-ortho nitro benzene ring substituents is 1. The third-order valence-electron chi connectivity index (χ3n) is 2.67. The van der Waals surface area contributed by atoms with E-state index in [9.17, 15) is 14.9 Å². The number of carboxylic acids is 1. The summed E-state index contributed by atoms with van der Waals surface area (Å²) in [6.45, 7) is 0. The summed E-state index contributed by atoms with van der Waals surface area (Å²) >= 11 is 11.7. The molecule has 5 nitrogen and oxygen atoms in total. The number of aromatic carboxylic acids is 1. The number of benzene rings is 2. The van der Waals surface area contributed by atoms with Gasteiger partial charge in [-0.05, 0) is 23.8 Å². The van der Waals surface area contributed by atoms with E-state index in [0.29, 0.717) is 10.6 Å². The summed E-state index contributed by atoms with van der Waals surface area (Å²) in [7, 11) is 0. The van der Waals surface area contributed by atoms with Gasteiger partial charge in [-0.2, -0.15) is 0 Å². The van der Waals surface area contributed by atoms with Gasteiger partial charge in [0.25, 0.3) is 5.69 Å². The van der Waals surface area contributed by atoms with Crippen molar-refractivity contribution < 1.29 is 14.8 Å². The van der Waals surface area contributed by atoms with Crippen molar-refractivity contribution >= 4 is 34.9 Å². The minimum absolute atomic E-state index is 0.0472. The van der Waals surface area contributed by atoms with Gasteiger partial charge < -0.3 is 5.11 Å². The second-order valence-electron chi connectivity index (χ2n) is 3.92. The Morgan fingerprint density at radius 2 is 1.80 bits per heavy atom. The van der Waals surface area contributed by atoms with Crippen molar-refractivity contribution in [1.29, 1.82) is 0 Å². The minimum atomic E-state index is -1.18. The molecule has 0 saturated carbocycles. The number of hydrogen-bond donors (Lipinski definition) is 1. The normalized spacial score (nSPS) is 10.3. The molecule has 102 valence electrons. The maximum atomic E-state index is 11.2. The Bertz CT molecular complexity index is 716. The lowest BCUT2D eigenvalue weighted by Gasteiger charge is -2.07. The van der Waals surface area contributed by atoms with Gasteiger partial charge in [-0.25, -0.2) is 4.79 Å². The van der Waals surface area contributed by atoms with E-state index >= 15 is 0 Å². The van der Waals surface area contributed by atoms with Crippen molar-refractivity contribution in [2.24, 2.45) is 0 Å². The van der Waals surface area contributed by atoms with Gasteiger partial charge in [0.1, 0.15) is 0 Å². The van der Waals surface area contributed by atoms with Crippen molar-refractivity contribution in [2.45, 2.75) is 0 Å². The molecule has 0 amide bonds. The van der Waals surface area contributed by atoms with Gasteiger partial charge in [-0.15, -0.1) is 0 Å². The Morgan fingerprint density at radius 3 is 2.35 bits per heavy atom. The monoisotopic (exact) mass is 311 g/mol. The first kappa shape index (κ1) is 14.3. The average molecular weight is 312 g/mol. The smallest absolute Gasteiger partial charge is 0.336 e. The van der Waals surface area contributed by atoms with Gasteiger partial charge in [0.15, 0.2) is 0 Å². The van der Waals surface area contributed by atoms with Crippen LogP contribution in [-0.4, -0.2) is 16.0 Å². The Kier molecular flexibility index (Phi) is 3.92. The first-order valence-corrected chi connectivity index (χ1v) is 6.13. The van der Waals surface area contributed by atoms with Crippen LogP contribution in [0.15, 0.2) is 36.4 Å². The maximum absolute atomic E-state index is 11.2. The van der Waals surface area contributed by atoms with Crippen molar-refractivity contribution in [1.82, 2.24) is 0 Å². The highest BCUT2D eigenvalue weighted by atomic mass is 35.5. The fraction of sp³-hybridized carbons (Fsp3) is 0. The lowest BCUT2D eigenvalue weighted by molar-refractivity contribution is -0.384. The van der Waals surface area contributed by atoms with Gasteiger partial charge in [0.2, 0.25) is 0 Å². The molecule has 2 rings (SSSR count). The molecule has 0 aliphatic rings. The van der Waals surface area contributed by atoms with Gasteiger partial charge >= 0.3 is 5.97 Å². The van der Waals surface area contributed by atoms with Crippen molar-refractivity contribution in [3.05, 3.63) is 62.1 Å². The molecule has 0 unspecified atom stereocenters. The molecule has 0 spiro atoms. The summed E-state index contributed by atoms with van der Waals surface area (Å²) in [5.41, 5.74) is 0.413. The minimum Gasteiger partial charge on any atom is -0.478 e. The summed E-state index contributed by atoms with van der Waals surface area (Å²) in [6, 6.07) is 8.06. The molecule has 0 bridgehead atoms. The summed E-state index contributed by atoms with van der Waals surface area (Å²) in [5.74, 6) is -1.18. The van der Waals surface area contributed by atoms with Crippen LogP contribution >= 0.6 is 23.2 Å². The van der Waals surface area contributed by atoms with Crippen LogP contribution in [0.5, 0.6) is 0 Å². The quantitative estimate of drug-likeness (QED) is 0.678. The van der Waals surface area contributed by atoms with Gasteiger partial charge in [0, 0.05) is 17.7 Å². The molecule has 0 aliphatic carbocycles. The van der Waals surface area contributed by atoms with Crippen LogP contribution in [0.1, 0.15) is 10.4 Å². The Hall–Kier alpha value is -2.11. The number of rotatable bonds is 3. The first-order chi connectivity index (χ1) is 9.40. The maximum Gasteiger partial charge on any atom is 0.336 e. The number of hydrogen-bond acceptors (Lipinski definition) is 3. The van der Waals surface area contributed by atoms with E-state index in [2.05, 4.69) is 0 Å². The van der Waals surface area contributed by atoms with E-state index < -0.39 is 10.9 Å². The highest BCUT2D eigenvalue weighted by Crippen LogP contribution is 2.32. The molecule has 0 fully saturated rings. The van der Waals surface area contributed by atoms with Gasteiger partial charge in [0.05, 0.1) is 20.5 Å². The summed E-state index contributed by atoms with van der Waals surface area (Å²) in [5, 5.41) is 20.5. The van der Waals surface area contributed by atoms with Crippen molar-refractivity contribution in [2.75, 3.05) is 0 Å². The molecule has 0 aromatic heterocycles. The van der Waals surface area contributed by atoms with E-state index in [1.807, 2.05) is 0 Å². The zero-order valence-electron chi connectivity index (χ0n) is 9.84. The molecule has 2 aromatic carbocycles. The molecular weight excluding hydrogens is 305 g/mol. The zero-order chi connectivity index (χ0) is 14.9. The predicted octanol–water partition coefficient (Wildman–Crippen LogP) is 4.27. The molecule has 0 heterocycles. The average Bonchev–Trinajstić information content (AvgIpc) is 2.41. The van der Waals surface area contributed by atoms with Crippen LogP contribution in [0.4, 0.5) is 5.69 Å². The largest absolute Gasteiger partial charge is 0.478 e. The second-order valence-corrected chi connectivity index (χ2v) is 4.74. The number of carbonyl (C=O) groups is 1. The van der Waals surface area contributed by atoms with Crippen molar-refractivity contribution in [3.8, 4) is 11.1 Å². The van der Waals surface area contributed by atoms with E-state index in [1.165, 1.54) is 24.3 Å². The topological polar surface area (TPSA) is 80.4 Å². The number of nitro groups is 1.